The van der Waals surface area contributed by atoms with Crippen molar-refractivity contribution in [2.45, 2.75) is 72.3 Å². The van der Waals surface area contributed by atoms with Crippen LogP contribution >= 0.6 is 27.3 Å². The van der Waals surface area contributed by atoms with E-state index in [2.05, 4.69) is 101 Å². The zero-order valence-corrected chi connectivity index (χ0v) is 32.1. The Kier molecular flexibility index (Phi) is 13.0. The van der Waals surface area contributed by atoms with E-state index in [0.717, 1.165) is 83.7 Å². The van der Waals surface area contributed by atoms with Crippen LogP contribution in [0.5, 0.6) is 0 Å². The van der Waals surface area contributed by atoms with Gasteiger partial charge in [0.15, 0.2) is 5.78 Å². The molecule has 1 fully saturated rings. The van der Waals surface area contributed by atoms with E-state index < -0.39 is 0 Å². The Bertz CT molecular complexity index is 1730. The Morgan fingerprint density at radius 3 is 2.47 bits per heavy atom. The predicted octanol–water partition coefficient (Wildman–Crippen LogP) is 10.4. The van der Waals surface area contributed by atoms with Gasteiger partial charge < -0.3 is 20.3 Å². The van der Waals surface area contributed by atoms with Gasteiger partial charge in [-0.15, -0.1) is 11.3 Å². The number of carbonyl (C=O) groups excluding carboxylic acids is 1. The molecule has 260 valence electrons. The van der Waals surface area contributed by atoms with Crippen molar-refractivity contribution in [3.63, 3.8) is 0 Å². The summed E-state index contributed by atoms with van der Waals surface area (Å²) in [6.45, 7) is 19.0. The third-order valence-corrected chi connectivity index (χ3v) is 11.6. The molecule has 0 spiro atoms. The molecule has 0 radical (unpaired) electrons. The average molecular weight is 744 g/mol. The van der Waals surface area contributed by atoms with Crippen molar-refractivity contribution < 1.29 is 9.53 Å². The molecule has 1 saturated heterocycles. The largest absolute Gasteiger partial charge is 0.378 e. The number of carbonyl (C=O) groups is 1. The summed E-state index contributed by atoms with van der Waals surface area (Å²) in [4.78, 5) is 23.8. The van der Waals surface area contributed by atoms with Crippen LogP contribution in [0.25, 0.3) is 10.4 Å². The lowest BCUT2D eigenvalue weighted by Crippen LogP contribution is -2.35. The number of piperidine rings is 1. The first kappa shape index (κ1) is 37.1. The molecule has 1 unspecified atom stereocenters. The monoisotopic (exact) mass is 742 g/mol. The summed E-state index contributed by atoms with van der Waals surface area (Å²) < 4.78 is 6.87. The highest BCUT2D eigenvalue weighted by Crippen LogP contribution is 2.40. The smallest absolute Gasteiger partial charge is 0.168 e. The number of thiazole rings is 1. The zero-order chi connectivity index (χ0) is 35.1. The molecule has 2 heterocycles. The number of likely N-dealkylation sites (tertiary alicyclic amines) is 1. The van der Waals surface area contributed by atoms with Crippen molar-refractivity contribution in [3.8, 4) is 10.4 Å². The van der Waals surface area contributed by atoms with Crippen LogP contribution in [-0.2, 0) is 4.74 Å². The maximum absolute atomic E-state index is 13.6. The standard InChI is InChI=1S/C41H51BrN4O2S/c1-7-27(3)40(47)39-35(42)10-9-11-38(39)46(29(5)8-2)37-17-16-34(24-28(37)4)31-18-20-45(21-19-31)22-23-48-25-36(43)32-12-14-33(15-13-32)41-30(6)44-26-49-41/h9-17,24,26-27,31,36H,5,7-8,18-23,25,43H2,1-4,6H3/t27?,36-/m0/s1. The van der Waals surface area contributed by atoms with E-state index in [4.69, 9.17) is 10.5 Å². The number of halogens is 1. The summed E-state index contributed by atoms with van der Waals surface area (Å²) >= 11 is 5.36. The number of hydrogen-bond acceptors (Lipinski definition) is 7. The van der Waals surface area contributed by atoms with Crippen molar-refractivity contribution in [2.75, 3.05) is 37.7 Å². The van der Waals surface area contributed by atoms with Gasteiger partial charge in [-0.25, -0.2) is 4.98 Å². The van der Waals surface area contributed by atoms with Crippen LogP contribution in [0.1, 0.15) is 91.2 Å². The minimum atomic E-state index is -0.144. The molecular formula is C41H51BrN4O2S. The molecule has 1 aliphatic rings. The molecule has 0 amide bonds. The van der Waals surface area contributed by atoms with Crippen molar-refractivity contribution in [2.24, 2.45) is 11.7 Å². The lowest BCUT2D eigenvalue weighted by molar-refractivity contribution is 0.0854. The Morgan fingerprint density at radius 2 is 1.84 bits per heavy atom. The SMILES string of the molecule is C=C(CC)N(c1ccc(C2CCN(CCOC[C@H](N)c3ccc(-c4scnc4C)cc3)CC2)cc1C)c1cccc(Br)c1C(=O)C(C)CC. The molecule has 0 aliphatic carbocycles. The average Bonchev–Trinajstić information content (AvgIpc) is 3.56. The predicted molar refractivity (Wildman–Crippen MR) is 209 cm³/mol. The van der Waals surface area contributed by atoms with Crippen LogP contribution in [0.2, 0.25) is 0 Å². The van der Waals surface area contributed by atoms with E-state index in [1.807, 2.05) is 37.6 Å². The van der Waals surface area contributed by atoms with Gasteiger partial charge in [0, 0.05) is 28.3 Å². The van der Waals surface area contributed by atoms with Crippen LogP contribution in [0.4, 0.5) is 11.4 Å². The lowest BCUT2D eigenvalue weighted by atomic mass is 9.88. The summed E-state index contributed by atoms with van der Waals surface area (Å²) in [6, 6.07) is 21.2. The molecule has 49 heavy (non-hydrogen) atoms. The van der Waals surface area contributed by atoms with E-state index in [1.54, 1.807) is 11.3 Å². The zero-order valence-electron chi connectivity index (χ0n) is 29.7. The number of aryl methyl sites for hydroxylation is 2. The molecule has 0 saturated carbocycles. The first-order chi connectivity index (χ1) is 23.6. The number of ketones is 1. The molecule has 8 heteroatoms. The molecule has 3 aromatic carbocycles. The van der Waals surface area contributed by atoms with Gasteiger partial charge >= 0.3 is 0 Å². The highest BCUT2D eigenvalue weighted by atomic mass is 79.9. The first-order valence-corrected chi connectivity index (χ1v) is 19.3. The van der Waals surface area contributed by atoms with Crippen molar-refractivity contribution in [1.82, 2.24) is 9.88 Å². The fraction of sp³-hybridized carbons (Fsp3) is 0.415. The number of allylic oxidation sites excluding steroid dienone is 1. The maximum Gasteiger partial charge on any atom is 0.168 e. The third-order valence-electron chi connectivity index (χ3n) is 9.98. The van der Waals surface area contributed by atoms with E-state index >= 15 is 0 Å². The van der Waals surface area contributed by atoms with E-state index in [0.29, 0.717) is 19.1 Å². The number of Topliss-reactive ketones (excluding diaryl/α,β-unsaturated/α-hetero) is 1. The number of aromatic nitrogens is 1. The lowest BCUT2D eigenvalue weighted by Gasteiger charge is -2.33. The van der Waals surface area contributed by atoms with Crippen molar-refractivity contribution in [3.05, 3.63) is 111 Å². The second-order valence-electron chi connectivity index (χ2n) is 13.3. The van der Waals surface area contributed by atoms with Gasteiger partial charge in [0.25, 0.3) is 0 Å². The molecule has 1 aromatic heterocycles. The fourth-order valence-corrected chi connectivity index (χ4v) is 8.00. The van der Waals surface area contributed by atoms with Gasteiger partial charge in [-0.05, 0) is 115 Å². The number of hydrogen-bond donors (Lipinski definition) is 1. The Labute approximate surface area is 305 Å². The molecule has 2 N–H and O–H groups in total. The minimum Gasteiger partial charge on any atom is -0.378 e. The topological polar surface area (TPSA) is 71.7 Å². The Hall–Kier alpha value is -3.14. The highest BCUT2D eigenvalue weighted by Gasteiger charge is 2.27. The van der Waals surface area contributed by atoms with Crippen molar-refractivity contribution in [1.29, 1.82) is 0 Å². The number of ether oxygens (including phenoxy) is 1. The molecule has 1 aliphatic heterocycles. The van der Waals surface area contributed by atoms with Crippen LogP contribution in [-0.4, -0.2) is 48.5 Å². The van der Waals surface area contributed by atoms with Gasteiger partial charge in [0.05, 0.1) is 46.6 Å². The summed E-state index contributed by atoms with van der Waals surface area (Å²) in [6.07, 6.45) is 3.81. The van der Waals surface area contributed by atoms with E-state index in [1.165, 1.54) is 21.6 Å². The summed E-state index contributed by atoms with van der Waals surface area (Å²) in [5, 5.41) is 0. The van der Waals surface area contributed by atoms with Crippen LogP contribution in [0, 0.1) is 19.8 Å². The van der Waals surface area contributed by atoms with Gasteiger partial charge in [-0.3, -0.25) is 4.79 Å². The Balaban J connectivity index is 1.16. The first-order valence-electron chi connectivity index (χ1n) is 17.6. The number of benzene rings is 3. The van der Waals surface area contributed by atoms with Gasteiger partial charge in [0.2, 0.25) is 0 Å². The summed E-state index contributed by atoms with van der Waals surface area (Å²) in [7, 11) is 0. The van der Waals surface area contributed by atoms with Crippen LogP contribution in [0.15, 0.2) is 82.9 Å². The van der Waals surface area contributed by atoms with Gasteiger partial charge in [-0.2, -0.15) is 0 Å². The molecular weight excluding hydrogens is 692 g/mol. The molecule has 6 nitrogen and oxygen atoms in total. The summed E-state index contributed by atoms with van der Waals surface area (Å²) in [5.74, 6) is 0.614. The second kappa shape index (κ2) is 17.2. The van der Waals surface area contributed by atoms with E-state index in [-0.39, 0.29) is 17.7 Å². The quantitative estimate of drug-likeness (QED) is 0.0966. The fourth-order valence-electron chi connectivity index (χ4n) is 6.64. The number of nitrogens with zero attached hydrogens (tertiary/aromatic N) is 3. The van der Waals surface area contributed by atoms with Gasteiger partial charge in [0.1, 0.15) is 0 Å². The number of anilines is 2. The van der Waals surface area contributed by atoms with Crippen LogP contribution < -0.4 is 10.6 Å². The second-order valence-corrected chi connectivity index (χ2v) is 15.0. The normalized spacial score (nSPS) is 15.2. The minimum absolute atomic E-state index is 0.0599. The highest BCUT2D eigenvalue weighted by molar-refractivity contribution is 9.10. The number of nitrogens with two attached hydrogens (primary N) is 1. The molecule has 5 rings (SSSR count). The van der Waals surface area contributed by atoms with Crippen molar-refractivity contribution >= 4 is 44.4 Å². The summed E-state index contributed by atoms with van der Waals surface area (Å²) in [5.41, 5.74) is 17.9. The van der Waals surface area contributed by atoms with E-state index in [9.17, 15) is 4.79 Å². The van der Waals surface area contributed by atoms with Crippen LogP contribution in [0.3, 0.4) is 0 Å². The molecule has 2 atom stereocenters. The molecule has 0 bridgehead atoms. The van der Waals surface area contributed by atoms with Gasteiger partial charge in [-0.1, -0.05) is 69.8 Å². The number of rotatable bonds is 15. The third kappa shape index (κ3) is 8.78. The maximum atomic E-state index is 13.6. The molecule has 4 aromatic rings. The Morgan fingerprint density at radius 1 is 1.10 bits per heavy atom.